The molecule has 1 aliphatic carbocycles. The molecule has 0 radical (unpaired) electrons. The van der Waals surface area contributed by atoms with Gasteiger partial charge in [0.25, 0.3) is 0 Å². The largest absolute Gasteiger partial charge is 0.293 e. The Morgan fingerprint density at radius 3 is 2.28 bits per heavy atom. The van der Waals surface area contributed by atoms with Gasteiger partial charge in [0.1, 0.15) is 0 Å². The van der Waals surface area contributed by atoms with Crippen LogP contribution < -0.4 is 0 Å². The quantitative estimate of drug-likeness (QED) is 0.747. The topological polar surface area (TPSA) is 3.24 Å². The van der Waals surface area contributed by atoms with E-state index in [1.807, 2.05) is 11.3 Å². The summed E-state index contributed by atoms with van der Waals surface area (Å²) in [5.41, 5.74) is 1.87. The van der Waals surface area contributed by atoms with Gasteiger partial charge in [-0.1, -0.05) is 25.7 Å². The van der Waals surface area contributed by atoms with Gasteiger partial charge in [0.15, 0.2) is 0 Å². The van der Waals surface area contributed by atoms with Crippen LogP contribution in [0.3, 0.4) is 0 Å². The van der Waals surface area contributed by atoms with E-state index in [0.717, 1.165) is 0 Å². The van der Waals surface area contributed by atoms with Crippen molar-refractivity contribution in [3.63, 3.8) is 0 Å². The molecule has 1 saturated heterocycles. The number of hydrogen-bond donors (Lipinski definition) is 0. The van der Waals surface area contributed by atoms with E-state index in [9.17, 15) is 0 Å². The molecule has 1 aromatic rings. The summed E-state index contributed by atoms with van der Waals surface area (Å²) in [6.45, 7) is 4.90. The summed E-state index contributed by atoms with van der Waals surface area (Å²) in [6.07, 6.45) is 11.3. The number of nitrogens with zero attached hydrogens (tertiary/aromatic N) is 1. The number of piperidine rings is 1. The van der Waals surface area contributed by atoms with Gasteiger partial charge >= 0.3 is 0 Å². The van der Waals surface area contributed by atoms with Crippen molar-refractivity contribution in [3.05, 3.63) is 21.9 Å². The van der Waals surface area contributed by atoms with E-state index in [1.165, 1.54) is 70.0 Å². The molecule has 0 atom stereocenters. The first-order chi connectivity index (χ1) is 8.81. The smallest absolute Gasteiger partial charge is 0.0553 e. The average Bonchev–Trinajstić information content (AvgIpc) is 2.88. The summed E-state index contributed by atoms with van der Waals surface area (Å²) in [6, 6.07) is 2.46. The summed E-state index contributed by atoms with van der Waals surface area (Å²) >= 11 is 2.01. The molecule has 0 aromatic carbocycles. The van der Waals surface area contributed by atoms with Gasteiger partial charge in [0.05, 0.1) is 5.54 Å². The Kier molecular flexibility index (Phi) is 3.76. The fourth-order valence-electron chi connectivity index (χ4n) is 3.85. The zero-order valence-electron chi connectivity index (χ0n) is 11.6. The van der Waals surface area contributed by atoms with Crippen LogP contribution in [-0.2, 0) is 5.54 Å². The molecule has 0 N–H and O–H groups in total. The van der Waals surface area contributed by atoms with E-state index in [1.54, 1.807) is 4.88 Å². The highest BCUT2D eigenvalue weighted by molar-refractivity contribution is 7.10. The van der Waals surface area contributed by atoms with Crippen LogP contribution in [0, 0.1) is 6.92 Å². The second-order valence-corrected chi connectivity index (χ2v) is 7.04. The van der Waals surface area contributed by atoms with Gasteiger partial charge in [-0.25, -0.2) is 0 Å². The van der Waals surface area contributed by atoms with Gasteiger partial charge in [-0.3, -0.25) is 4.90 Å². The monoisotopic (exact) mass is 263 g/mol. The lowest BCUT2D eigenvalue weighted by atomic mass is 9.78. The van der Waals surface area contributed by atoms with Crippen molar-refractivity contribution in [2.75, 3.05) is 13.1 Å². The first-order valence-corrected chi connectivity index (χ1v) is 8.50. The maximum absolute atomic E-state index is 2.83. The molecule has 1 aliphatic heterocycles. The molecular formula is C16H25NS. The maximum atomic E-state index is 2.83. The van der Waals surface area contributed by atoms with E-state index < -0.39 is 0 Å². The van der Waals surface area contributed by atoms with E-state index in [4.69, 9.17) is 0 Å². The molecule has 0 amide bonds. The highest BCUT2D eigenvalue weighted by Crippen LogP contribution is 2.45. The molecule has 0 spiro atoms. The summed E-state index contributed by atoms with van der Waals surface area (Å²) < 4.78 is 0. The first kappa shape index (κ1) is 12.7. The van der Waals surface area contributed by atoms with Crippen LogP contribution in [0.4, 0.5) is 0 Å². The van der Waals surface area contributed by atoms with Gasteiger partial charge in [-0.15, -0.1) is 11.3 Å². The van der Waals surface area contributed by atoms with Crippen molar-refractivity contribution >= 4 is 11.3 Å². The summed E-state index contributed by atoms with van der Waals surface area (Å²) in [4.78, 5) is 4.49. The molecule has 1 aromatic heterocycles. The van der Waals surface area contributed by atoms with E-state index in [0.29, 0.717) is 5.54 Å². The second kappa shape index (κ2) is 5.34. The fourth-order valence-corrected chi connectivity index (χ4v) is 5.04. The lowest BCUT2D eigenvalue weighted by molar-refractivity contribution is 0.0332. The Morgan fingerprint density at radius 1 is 1.00 bits per heavy atom. The van der Waals surface area contributed by atoms with Gasteiger partial charge in [0, 0.05) is 4.88 Å². The SMILES string of the molecule is Cc1csc(C2(N3CCCCC3)CCCCC2)c1. The summed E-state index contributed by atoms with van der Waals surface area (Å²) in [5.74, 6) is 0. The lowest BCUT2D eigenvalue weighted by Gasteiger charge is -2.48. The van der Waals surface area contributed by atoms with Gasteiger partial charge in [-0.05, 0) is 62.7 Å². The third kappa shape index (κ3) is 2.25. The molecule has 0 unspecified atom stereocenters. The summed E-state index contributed by atoms with van der Waals surface area (Å²) in [5, 5.41) is 2.34. The standard InChI is InChI=1S/C16H25NS/c1-14-12-15(18-13-14)16(8-4-2-5-9-16)17-10-6-3-7-11-17/h12-13H,2-11H2,1H3. The number of likely N-dealkylation sites (tertiary alicyclic amines) is 1. The molecule has 2 fully saturated rings. The predicted octanol–water partition coefficient (Wildman–Crippen LogP) is 4.70. The van der Waals surface area contributed by atoms with Crippen LogP contribution in [0.5, 0.6) is 0 Å². The molecule has 0 bridgehead atoms. The molecule has 3 rings (SSSR count). The van der Waals surface area contributed by atoms with Crippen molar-refractivity contribution in [3.8, 4) is 0 Å². The van der Waals surface area contributed by atoms with Crippen LogP contribution in [0.15, 0.2) is 11.4 Å². The van der Waals surface area contributed by atoms with Crippen molar-refractivity contribution in [2.45, 2.75) is 63.8 Å². The van der Waals surface area contributed by atoms with Crippen molar-refractivity contribution in [1.82, 2.24) is 4.90 Å². The molecule has 1 saturated carbocycles. The zero-order valence-corrected chi connectivity index (χ0v) is 12.4. The van der Waals surface area contributed by atoms with E-state index in [2.05, 4.69) is 23.3 Å². The molecular weight excluding hydrogens is 238 g/mol. The highest BCUT2D eigenvalue weighted by atomic mass is 32.1. The van der Waals surface area contributed by atoms with Crippen LogP contribution in [0.25, 0.3) is 0 Å². The number of thiophene rings is 1. The predicted molar refractivity (Wildman–Crippen MR) is 79.2 cm³/mol. The minimum Gasteiger partial charge on any atom is -0.293 e. The zero-order chi connectivity index (χ0) is 12.4. The molecule has 18 heavy (non-hydrogen) atoms. The third-order valence-corrected chi connectivity index (χ3v) is 6.07. The number of hydrogen-bond acceptors (Lipinski definition) is 2. The van der Waals surface area contributed by atoms with E-state index >= 15 is 0 Å². The van der Waals surface area contributed by atoms with Gasteiger partial charge in [-0.2, -0.15) is 0 Å². The van der Waals surface area contributed by atoms with Crippen LogP contribution in [0.1, 0.15) is 61.8 Å². The highest BCUT2D eigenvalue weighted by Gasteiger charge is 2.40. The van der Waals surface area contributed by atoms with Gasteiger partial charge in [0.2, 0.25) is 0 Å². The maximum Gasteiger partial charge on any atom is 0.0553 e. The van der Waals surface area contributed by atoms with Crippen molar-refractivity contribution < 1.29 is 0 Å². The Labute approximate surface area is 115 Å². The van der Waals surface area contributed by atoms with Crippen molar-refractivity contribution in [1.29, 1.82) is 0 Å². The Hall–Kier alpha value is -0.340. The molecule has 1 nitrogen and oxygen atoms in total. The minimum absolute atomic E-state index is 0.414. The van der Waals surface area contributed by atoms with E-state index in [-0.39, 0.29) is 0 Å². The molecule has 2 heterocycles. The lowest BCUT2D eigenvalue weighted by Crippen LogP contribution is -2.49. The molecule has 2 heteroatoms. The van der Waals surface area contributed by atoms with Crippen molar-refractivity contribution in [2.24, 2.45) is 0 Å². The van der Waals surface area contributed by atoms with Crippen LogP contribution >= 0.6 is 11.3 Å². The Bertz CT molecular complexity index is 384. The Balaban J connectivity index is 1.91. The number of rotatable bonds is 2. The fraction of sp³-hybridized carbons (Fsp3) is 0.750. The molecule has 100 valence electrons. The Morgan fingerprint density at radius 2 is 1.67 bits per heavy atom. The minimum atomic E-state index is 0.414. The van der Waals surface area contributed by atoms with Crippen LogP contribution in [0.2, 0.25) is 0 Å². The van der Waals surface area contributed by atoms with Crippen LogP contribution in [-0.4, -0.2) is 18.0 Å². The average molecular weight is 263 g/mol. The van der Waals surface area contributed by atoms with Gasteiger partial charge < -0.3 is 0 Å². The first-order valence-electron chi connectivity index (χ1n) is 7.62. The summed E-state index contributed by atoms with van der Waals surface area (Å²) in [7, 11) is 0. The number of aryl methyl sites for hydroxylation is 1. The normalized spacial score (nSPS) is 25.2. The third-order valence-electron chi connectivity index (χ3n) is 4.83. The molecule has 2 aliphatic rings. The second-order valence-electron chi connectivity index (χ2n) is 6.13.